The van der Waals surface area contributed by atoms with Gasteiger partial charge in [0.15, 0.2) is 5.11 Å². The molecule has 0 saturated heterocycles. The highest BCUT2D eigenvalue weighted by Gasteiger charge is 2.03. The van der Waals surface area contributed by atoms with Gasteiger partial charge in [-0.2, -0.15) is 0 Å². The maximum Gasteiger partial charge on any atom is 0.172 e. The van der Waals surface area contributed by atoms with Crippen molar-refractivity contribution in [1.82, 2.24) is 4.90 Å². The second-order valence-electron chi connectivity index (χ2n) is 2.95. The molecule has 14 heavy (non-hydrogen) atoms. The summed E-state index contributed by atoms with van der Waals surface area (Å²) < 4.78 is 0.897. The normalized spacial score (nSPS) is 9.71. The van der Waals surface area contributed by atoms with Gasteiger partial charge in [-0.25, -0.2) is 0 Å². The van der Waals surface area contributed by atoms with Crippen molar-refractivity contribution < 1.29 is 0 Å². The summed E-state index contributed by atoms with van der Waals surface area (Å²) in [4.78, 5) is 1.83. The van der Waals surface area contributed by atoms with Crippen LogP contribution in [-0.2, 0) is 0 Å². The van der Waals surface area contributed by atoms with E-state index in [2.05, 4.69) is 21.2 Å². The number of nitrogens with zero attached hydrogens (tertiary/aromatic N) is 1. The molecule has 1 aromatic rings. The molecule has 0 aliphatic carbocycles. The van der Waals surface area contributed by atoms with Crippen LogP contribution in [0.1, 0.15) is 0 Å². The lowest BCUT2D eigenvalue weighted by atomic mass is 10.3. The van der Waals surface area contributed by atoms with Crippen molar-refractivity contribution in [2.45, 2.75) is 0 Å². The number of hydrogen-bond donors (Lipinski definition) is 1. The summed E-state index contributed by atoms with van der Waals surface area (Å²) in [5.74, 6) is 0. The third-order valence-electron chi connectivity index (χ3n) is 1.58. The van der Waals surface area contributed by atoms with Crippen LogP contribution in [0.3, 0.4) is 0 Å². The lowest BCUT2D eigenvalue weighted by molar-refractivity contribution is 0.634. The maximum absolute atomic E-state index is 5.81. The first-order valence-corrected chi connectivity index (χ1v) is 5.52. The molecule has 0 spiro atoms. The van der Waals surface area contributed by atoms with Crippen molar-refractivity contribution in [1.29, 1.82) is 0 Å². The Kier molecular flexibility index (Phi) is 4.16. The monoisotopic (exact) mass is 292 g/mol. The van der Waals surface area contributed by atoms with Gasteiger partial charge < -0.3 is 10.2 Å². The molecule has 0 aliphatic rings. The zero-order chi connectivity index (χ0) is 10.7. The van der Waals surface area contributed by atoms with Crippen LogP contribution in [0.25, 0.3) is 0 Å². The minimum atomic E-state index is 0.660. The molecule has 0 amide bonds. The van der Waals surface area contributed by atoms with Crippen molar-refractivity contribution in [3.8, 4) is 0 Å². The smallest absolute Gasteiger partial charge is 0.172 e. The first-order valence-electron chi connectivity index (χ1n) is 3.94. The van der Waals surface area contributed by atoms with E-state index >= 15 is 0 Å². The summed E-state index contributed by atoms with van der Waals surface area (Å²) in [5.41, 5.74) is 0.910. The fourth-order valence-corrected chi connectivity index (χ4v) is 1.71. The van der Waals surface area contributed by atoms with E-state index < -0.39 is 0 Å². The van der Waals surface area contributed by atoms with Crippen LogP contribution in [0.15, 0.2) is 22.7 Å². The summed E-state index contributed by atoms with van der Waals surface area (Å²) in [6.45, 7) is 0. The Morgan fingerprint density at radius 1 is 1.50 bits per heavy atom. The van der Waals surface area contributed by atoms with E-state index in [0.717, 1.165) is 10.2 Å². The number of hydrogen-bond acceptors (Lipinski definition) is 1. The Balaban J connectivity index is 2.82. The molecule has 0 aliphatic heterocycles. The first kappa shape index (κ1) is 11.8. The predicted octanol–water partition coefficient (Wildman–Crippen LogP) is 3.36. The van der Waals surface area contributed by atoms with Crippen molar-refractivity contribution in [3.05, 3.63) is 27.7 Å². The van der Waals surface area contributed by atoms with Crippen LogP contribution in [0, 0.1) is 0 Å². The SMILES string of the molecule is CN(C)C(=S)Nc1ccc(Cl)cc1Br. The highest BCUT2D eigenvalue weighted by molar-refractivity contribution is 9.10. The summed E-state index contributed by atoms with van der Waals surface area (Å²) in [6.07, 6.45) is 0. The minimum absolute atomic E-state index is 0.660. The van der Waals surface area contributed by atoms with Crippen molar-refractivity contribution in [2.75, 3.05) is 19.4 Å². The Bertz CT molecular complexity index is 355. The lowest BCUT2D eigenvalue weighted by Crippen LogP contribution is -2.27. The van der Waals surface area contributed by atoms with Crippen LogP contribution in [0.5, 0.6) is 0 Å². The molecule has 0 radical (unpaired) electrons. The van der Waals surface area contributed by atoms with Gasteiger partial charge in [0.1, 0.15) is 0 Å². The molecular formula is C9H10BrClN2S. The molecule has 1 rings (SSSR count). The van der Waals surface area contributed by atoms with Gasteiger partial charge >= 0.3 is 0 Å². The van der Waals surface area contributed by atoms with E-state index in [4.69, 9.17) is 23.8 Å². The molecule has 0 bridgehead atoms. The van der Waals surface area contributed by atoms with Gasteiger partial charge in [0, 0.05) is 23.6 Å². The van der Waals surface area contributed by atoms with Crippen LogP contribution < -0.4 is 5.32 Å². The second kappa shape index (κ2) is 4.96. The summed E-state index contributed by atoms with van der Waals surface area (Å²) in [6, 6.07) is 5.51. The van der Waals surface area contributed by atoms with E-state index in [-0.39, 0.29) is 0 Å². The summed E-state index contributed by atoms with van der Waals surface area (Å²) >= 11 is 14.3. The molecular weight excluding hydrogens is 284 g/mol. The van der Waals surface area contributed by atoms with Crippen LogP contribution in [0.2, 0.25) is 5.02 Å². The van der Waals surface area contributed by atoms with Gasteiger partial charge in [-0.15, -0.1) is 0 Å². The molecule has 76 valence electrons. The van der Waals surface area contributed by atoms with Gasteiger partial charge in [0.05, 0.1) is 5.69 Å². The maximum atomic E-state index is 5.81. The molecule has 0 saturated carbocycles. The van der Waals surface area contributed by atoms with Gasteiger partial charge in [-0.3, -0.25) is 0 Å². The standard InChI is InChI=1S/C9H10BrClN2S/c1-13(2)9(14)12-8-4-3-6(11)5-7(8)10/h3-5H,1-2H3,(H,12,14). The number of rotatable bonds is 1. The van der Waals surface area contributed by atoms with Crippen molar-refractivity contribution >= 4 is 50.5 Å². The van der Waals surface area contributed by atoms with Gasteiger partial charge in [-0.1, -0.05) is 11.6 Å². The fraction of sp³-hybridized carbons (Fsp3) is 0.222. The van der Waals surface area contributed by atoms with E-state index in [9.17, 15) is 0 Å². The Morgan fingerprint density at radius 2 is 2.14 bits per heavy atom. The second-order valence-corrected chi connectivity index (χ2v) is 4.63. The van der Waals surface area contributed by atoms with Gasteiger partial charge in [0.2, 0.25) is 0 Å². The average Bonchev–Trinajstić information content (AvgIpc) is 2.09. The highest BCUT2D eigenvalue weighted by atomic mass is 79.9. The number of benzene rings is 1. The van der Waals surface area contributed by atoms with Gasteiger partial charge in [-0.05, 0) is 46.3 Å². The van der Waals surface area contributed by atoms with Crippen molar-refractivity contribution in [2.24, 2.45) is 0 Å². The highest BCUT2D eigenvalue weighted by Crippen LogP contribution is 2.25. The minimum Gasteiger partial charge on any atom is -0.355 e. The van der Waals surface area contributed by atoms with Crippen molar-refractivity contribution in [3.63, 3.8) is 0 Å². The van der Waals surface area contributed by atoms with Crippen LogP contribution in [-0.4, -0.2) is 24.1 Å². The van der Waals surface area contributed by atoms with Gasteiger partial charge in [0.25, 0.3) is 0 Å². The van der Waals surface area contributed by atoms with E-state index in [1.165, 1.54) is 0 Å². The number of halogens is 2. The zero-order valence-electron chi connectivity index (χ0n) is 7.84. The zero-order valence-corrected chi connectivity index (χ0v) is 11.0. The number of nitrogens with one attached hydrogen (secondary N) is 1. The van der Waals surface area contributed by atoms with Crippen LogP contribution in [0.4, 0.5) is 5.69 Å². The van der Waals surface area contributed by atoms with E-state index in [1.807, 2.05) is 37.2 Å². The molecule has 0 heterocycles. The summed E-state index contributed by atoms with van der Waals surface area (Å²) in [7, 11) is 3.78. The number of anilines is 1. The largest absolute Gasteiger partial charge is 0.355 e. The molecule has 0 fully saturated rings. The number of thiocarbonyl (C=S) groups is 1. The molecule has 1 N–H and O–H groups in total. The average molecular weight is 294 g/mol. The topological polar surface area (TPSA) is 15.3 Å². The first-order chi connectivity index (χ1) is 6.50. The molecule has 2 nitrogen and oxygen atoms in total. The lowest BCUT2D eigenvalue weighted by Gasteiger charge is -2.16. The molecule has 1 aromatic carbocycles. The van der Waals surface area contributed by atoms with E-state index in [0.29, 0.717) is 10.1 Å². The summed E-state index contributed by atoms with van der Waals surface area (Å²) in [5, 5.41) is 4.44. The quantitative estimate of drug-likeness (QED) is 0.799. The molecule has 0 unspecified atom stereocenters. The Morgan fingerprint density at radius 3 is 2.64 bits per heavy atom. The third kappa shape index (κ3) is 3.12. The van der Waals surface area contributed by atoms with Crippen LogP contribution >= 0.6 is 39.7 Å². The molecule has 0 atom stereocenters. The predicted molar refractivity (Wildman–Crippen MR) is 69.1 cm³/mol. The third-order valence-corrected chi connectivity index (χ3v) is 2.94. The fourth-order valence-electron chi connectivity index (χ4n) is 0.818. The molecule has 5 heteroatoms. The Labute approximate surface area is 102 Å². The Hall–Kier alpha value is -0.320. The van der Waals surface area contributed by atoms with E-state index in [1.54, 1.807) is 0 Å². The molecule has 0 aromatic heterocycles.